The Kier molecular flexibility index (Phi) is 4.34. The molecule has 0 bridgehead atoms. The zero-order chi connectivity index (χ0) is 13.8. The Morgan fingerprint density at radius 2 is 2.37 bits per heavy atom. The first kappa shape index (κ1) is 13.8. The fourth-order valence-electron chi connectivity index (χ4n) is 2.06. The van der Waals surface area contributed by atoms with E-state index in [0.29, 0.717) is 25.3 Å². The summed E-state index contributed by atoms with van der Waals surface area (Å²) in [4.78, 5) is 23.7. The van der Waals surface area contributed by atoms with Crippen LogP contribution < -0.4 is 10.9 Å². The van der Waals surface area contributed by atoms with Crippen molar-refractivity contribution in [2.45, 2.75) is 25.6 Å². The normalized spacial score (nSPS) is 22.4. The molecule has 2 heterocycles. The first-order chi connectivity index (χ1) is 9.15. The SMILES string of the molecule is CCn1ccc(C(=O)N[C@H]2COC[C@@H]2OC)cc1=O. The summed E-state index contributed by atoms with van der Waals surface area (Å²) >= 11 is 0. The summed E-state index contributed by atoms with van der Waals surface area (Å²) in [5.74, 6) is -0.280. The lowest BCUT2D eigenvalue weighted by molar-refractivity contribution is 0.0685. The van der Waals surface area contributed by atoms with Crippen molar-refractivity contribution in [2.75, 3.05) is 20.3 Å². The standard InChI is InChI=1S/C13H18N2O4/c1-3-15-5-4-9(6-12(15)16)13(17)14-10-7-19-8-11(10)18-2/h4-6,10-11H,3,7-8H2,1-2H3,(H,14,17)/t10-,11-/m0/s1. The summed E-state index contributed by atoms with van der Waals surface area (Å²) in [6.07, 6.45) is 1.48. The fourth-order valence-corrected chi connectivity index (χ4v) is 2.06. The molecule has 1 N–H and O–H groups in total. The number of carbonyl (C=O) groups excluding carboxylic acids is 1. The zero-order valence-corrected chi connectivity index (χ0v) is 11.1. The minimum Gasteiger partial charge on any atom is -0.377 e. The molecule has 2 rings (SSSR count). The van der Waals surface area contributed by atoms with Crippen molar-refractivity contribution in [1.82, 2.24) is 9.88 Å². The van der Waals surface area contributed by atoms with E-state index in [-0.39, 0.29) is 23.6 Å². The van der Waals surface area contributed by atoms with Crippen LogP contribution in [-0.4, -0.2) is 42.9 Å². The first-order valence-electron chi connectivity index (χ1n) is 6.27. The molecule has 104 valence electrons. The number of hydrogen-bond donors (Lipinski definition) is 1. The average Bonchev–Trinajstić information content (AvgIpc) is 2.85. The Morgan fingerprint density at radius 1 is 1.58 bits per heavy atom. The number of nitrogens with zero attached hydrogens (tertiary/aromatic N) is 1. The summed E-state index contributed by atoms with van der Waals surface area (Å²) in [7, 11) is 1.58. The summed E-state index contributed by atoms with van der Waals surface area (Å²) in [6.45, 7) is 3.36. The monoisotopic (exact) mass is 266 g/mol. The maximum atomic E-state index is 12.0. The van der Waals surface area contributed by atoms with E-state index in [9.17, 15) is 9.59 Å². The van der Waals surface area contributed by atoms with Crippen LogP contribution in [0.3, 0.4) is 0 Å². The molecule has 1 aliphatic heterocycles. The molecule has 19 heavy (non-hydrogen) atoms. The number of rotatable bonds is 4. The minimum atomic E-state index is -0.280. The van der Waals surface area contributed by atoms with Crippen LogP contribution in [0.25, 0.3) is 0 Å². The van der Waals surface area contributed by atoms with Gasteiger partial charge in [-0.3, -0.25) is 9.59 Å². The fraction of sp³-hybridized carbons (Fsp3) is 0.538. The van der Waals surface area contributed by atoms with Gasteiger partial charge in [0.1, 0.15) is 6.10 Å². The molecule has 1 aromatic heterocycles. The second-order valence-corrected chi connectivity index (χ2v) is 4.43. The second kappa shape index (κ2) is 5.99. The number of carbonyl (C=O) groups is 1. The number of nitrogens with one attached hydrogen (secondary N) is 1. The molecule has 6 heteroatoms. The molecule has 1 aliphatic rings. The van der Waals surface area contributed by atoms with E-state index in [2.05, 4.69) is 5.32 Å². The lowest BCUT2D eigenvalue weighted by atomic mass is 10.2. The van der Waals surface area contributed by atoms with Gasteiger partial charge < -0.3 is 19.4 Å². The smallest absolute Gasteiger partial charge is 0.251 e. The van der Waals surface area contributed by atoms with E-state index in [1.165, 1.54) is 10.6 Å². The first-order valence-corrected chi connectivity index (χ1v) is 6.27. The Hall–Kier alpha value is -1.66. The Balaban J connectivity index is 2.08. The molecule has 1 aromatic rings. The highest BCUT2D eigenvalue weighted by Crippen LogP contribution is 2.09. The van der Waals surface area contributed by atoms with Gasteiger partial charge in [-0.05, 0) is 13.0 Å². The highest BCUT2D eigenvalue weighted by Gasteiger charge is 2.29. The van der Waals surface area contributed by atoms with Crippen molar-refractivity contribution in [1.29, 1.82) is 0 Å². The van der Waals surface area contributed by atoms with Gasteiger partial charge >= 0.3 is 0 Å². The van der Waals surface area contributed by atoms with E-state index in [4.69, 9.17) is 9.47 Å². The number of aryl methyl sites for hydroxylation is 1. The predicted molar refractivity (Wildman–Crippen MR) is 69.2 cm³/mol. The molecular formula is C13H18N2O4. The lowest BCUT2D eigenvalue weighted by Crippen LogP contribution is -2.43. The van der Waals surface area contributed by atoms with Crippen molar-refractivity contribution in [3.63, 3.8) is 0 Å². The van der Waals surface area contributed by atoms with Crippen LogP contribution in [0.5, 0.6) is 0 Å². The van der Waals surface area contributed by atoms with E-state index in [1.54, 1.807) is 19.4 Å². The zero-order valence-electron chi connectivity index (χ0n) is 11.1. The topological polar surface area (TPSA) is 69.6 Å². The van der Waals surface area contributed by atoms with Gasteiger partial charge in [0.05, 0.1) is 19.3 Å². The van der Waals surface area contributed by atoms with Crippen LogP contribution in [-0.2, 0) is 16.0 Å². The molecule has 1 fully saturated rings. The van der Waals surface area contributed by atoms with E-state index < -0.39 is 0 Å². The minimum absolute atomic E-state index is 0.139. The summed E-state index contributed by atoms with van der Waals surface area (Å²) in [5, 5.41) is 2.82. The Labute approximate surface area is 111 Å². The van der Waals surface area contributed by atoms with Gasteiger partial charge in [-0.2, -0.15) is 0 Å². The number of pyridine rings is 1. The molecule has 0 aromatic carbocycles. The van der Waals surface area contributed by atoms with Gasteiger partial charge in [-0.15, -0.1) is 0 Å². The van der Waals surface area contributed by atoms with Gasteiger partial charge in [0.25, 0.3) is 11.5 Å². The molecule has 0 saturated carbocycles. The highest BCUT2D eigenvalue weighted by molar-refractivity contribution is 5.94. The Bertz CT molecular complexity index is 512. The lowest BCUT2D eigenvalue weighted by Gasteiger charge is -2.17. The third-order valence-corrected chi connectivity index (χ3v) is 3.25. The largest absolute Gasteiger partial charge is 0.377 e. The van der Waals surface area contributed by atoms with Crippen molar-refractivity contribution in [3.8, 4) is 0 Å². The molecule has 6 nitrogen and oxygen atoms in total. The molecule has 2 atom stereocenters. The van der Waals surface area contributed by atoms with E-state index in [0.717, 1.165) is 0 Å². The maximum absolute atomic E-state index is 12.0. The van der Waals surface area contributed by atoms with Gasteiger partial charge in [-0.1, -0.05) is 0 Å². The van der Waals surface area contributed by atoms with E-state index >= 15 is 0 Å². The number of aromatic nitrogens is 1. The van der Waals surface area contributed by atoms with Crippen molar-refractivity contribution in [3.05, 3.63) is 34.2 Å². The van der Waals surface area contributed by atoms with Gasteiger partial charge in [-0.25, -0.2) is 0 Å². The summed E-state index contributed by atoms with van der Waals surface area (Å²) in [5.41, 5.74) is 0.178. The van der Waals surface area contributed by atoms with Gasteiger partial charge in [0.15, 0.2) is 0 Å². The number of hydrogen-bond acceptors (Lipinski definition) is 4. The number of amides is 1. The molecule has 0 unspecified atom stereocenters. The quantitative estimate of drug-likeness (QED) is 0.833. The predicted octanol–water partition coefficient (Wildman–Crippen LogP) is 0.0118. The molecule has 1 saturated heterocycles. The van der Waals surface area contributed by atoms with Crippen LogP contribution in [0.1, 0.15) is 17.3 Å². The van der Waals surface area contributed by atoms with Crippen molar-refractivity contribution < 1.29 is 14.3 Å². The summed E-state index contributed by atoms with van der Waals surface area (Å²) in [6, 6.07) is 2.81. The third kappa shape index (κ3) is 3.02. The van der Waals surface area contributed by atoms with Gasteiger partial charge in [0, 0.05) is 31.5 Å². The highest BCUT2D eigenvalue weighted by atomic mass is 16.5. The molecule has 0 radical (unpaired) electrons. The summed E-state index contributed by atoms with van der Waals surface area (Å²) < 4.78 is 12.0. The molecule has 0 aliphatic carbocycles. The van der Waals surface area contributed by atoms with Crippen LogP contribution in [0.2, 0.25) is 0 Å². The number of ether oxygens (including phenoxy) is 2. The molecule has 0 spiro atoms. The van der Waals surface area contributed by atoms with Crippen LogP contribution in [0, 0.1) is 0 Å². The van der Waals surface area contributed by atoms with Crippen LogP contribution in [0.15, 0.2) is 23.1 Å². The van der Waals surface area contributed by atoms with Crippen molar-refractivity contribution in [2.24, 2.45) is 0 Å². The van der Waals surface area contributed by atoms with Crippen LogP contribution >= 0.6 is 0 Å². The average molecular weight is 266 g/mol. The third-order valence-electron chi connectivity index (χ3n) is 3.25. The Morgan fingerprint density at radius 3 is 3.00 bits per heavy atom. The van der Waals surface area contributed by atoms with Crippen molar-refractivity contribution >= 4 is 5.91 Å². The molecule has 1 amide bonds. The van der Waals surface area contributed by atoms with Gasteiger partial charge in [0.2, 0.25) is 0 Å². The second-order valence-electron chi connectivity index (χ2n) is 4.43. The maximum Gasteiger partial charge on any atom is 0.251 e. The number of methoxy groups -OCH3 is 1. The molecular weight excluding hydrogens is 248 g/mol. The van der Waals surface area contributed by atoms with E-state index in [1.807, 2.05) is 6.92 Å². The van der Waals surface area contributed by atoms with Crippen LogP contribution in [0.4, 0.5) is 0 Å².